The Morgan fingerprint density at radius 1 is 1.27 bits per heavy atom. The number of methoxy groups -OCH3 is 1. The summed E-state index contributed by atoms with van der Waals surface area (Å²) in [6.07, 6.45) is 5.20. The first-order valence-electron chi connectivity index (χ1n) is 9.06. The van der Waals surface area contributed by atoms with Crippen molar-refractivity contribution in [2.75, 3.05) is 39.2 Å². The molecular weight excluding hydrogens is 396 g/mol. The Morgan fingerprint density at radius 2 is 2.00 bits per heavy atom. The van der Waals surface area contributed by atoms with E-state index in [-0.39, 0.29) is 5.91 Å². The number of carbonyl (C=O) groups is 1. The van der Waals surface area contributed by atoms with Crippen molar-refractivity contribution in [3.05, 3.63) is 28.7 Å². The molecule has 1 aromatic carbocycles. The second kappa shape index (κ2) is 10.5. The van der Waals surface area contributed by atoms with Crippen molar-refractivity contribution in [1.82, 2.24) is 10.6 Å². The van der Waals surface area contributed by atoms with E-state index in [2.05, 4.69) is 36.9 Å². The van der Waals surface area contributed by atoms with Crippen LogP contribution in [-0.4, -0.2) is 45.7 Å². The van der Waals surface area contributed by atoms with Crippen LogP contribution < -0.4 is 16.0 Å². The van der Waals surface area contributed by atoms with Gasteiger partial charge in [-0.05, 0) is 48.9 Å². The molecule has 0 saturated heterocycles. The lowest BCUT2D eigenvalue weighted by molar-refractivity contribution is -0.116. The first-order chi connectivity index (χ1) is 12.6. The first kappa shape index (κ1) is 20.7. The van der Waals surface area contributed by atoms with E-state index in [1.54, 1.807) is 14.2 Å². The van der Waals surface area contributed by atoms with Crippen LogP contribution in [0.4, 0.5) is 5.69 Å². The molecule has 26 heavy (non-hydrogen) atoms. The van der Waals surface area contributed by atoms with Gasteiger partial charge < -0.3 is 20.7 Å². The van der Waals surface area contributed by atoms with Gasteiger partial charge in [0.15, 0.2) is 5.96 Å². The molecule has 1 aliphatic carbocycles. The Morgan fingerprint density at radius 3 is 2.58 bits per heavy atom. The molecule has 1 aromatic rings. The average molecular weight is 425 g/mol. The highest BCUT2D eigenvalue weighted by Gasteiger charge is 2.36. The van der Waals surface area contributed by atoms with E-state index in [0.29, 0.717) is 18.4 Å². The lowest BCUT2D eigenvalue weighted by Crippen LogP contribution is -2.47. The maximum Gasteiger partial charge on any atom is 0.226 e. The normalized spacial score (nSPS) is 15.9. The van der Waals surface area contributed by atoms with Gasteiger partial charge >= 0.3 is 0 Å². The lowest BCUT2D eigenvalue weighted by Gasteiger charge is -2.42. The van der Waals surface area contributed by atoms with Crippen LogP contribution in [0, 0.1) is 5.41 Å². The summed E-state index contributed by atoms with van der Waals surface area (Å²) >= 11 is 3.38. The number of aliphatic imine (C=N–C) groups is 1. The molecule has 2 rings (SSSR count). The fraction of sp³-hybridized carbons (Fsp3) is 0.579. The number of amides is 1. The van der Waals surface area contributed by atoms with Crippen LogP contribution in [0.15, 0.2) is 33.7 Å². The van der Waals surface area contributed by atoms with E-state index in [9.17, 15) is 4.79 Å². The highest BCUT2D eigenvalue weighted by Crippen LogP contribution is 2.43. The predicted molar refractivity (Wildman–Crippen MR) is 110 cm³/mol. The molecule has 1 aliphatic rings. The smallest absolute Gasteiger partial charge is 0.226 e. The van der Waals surface area contributed by atoms with E-state index in [1.807, 2.05) is 24.3 Å². The summed E-state index contributed by atoms with van der Waals surface area (Å²) in [7, 11) is 3.50. The summed E-state index contributed by atoms with van der Waals surface area (Å²) in [6, 6.07) is 7.54. The quantitative estimate of drug-likeness (QED) is 0.420. The number of benzene rings is 1. The molecular formula is C19H29BrN4O2. The molecule has 6 nitrogen and oxygen atoms in total. The van der Waals surface area contributed by atoms with Crippen LogP contribution in [0.5, 0.6) is 0 Å². The molecule has 0 radical (unpaired) electrons. The Kier molecular flexibility index (Phi) is 8.38. The summed E-state index contributed by atoms with van der Waals surface area (Å²) in [5, 5.41) is 9.49. The molecule has 0 atom stereocenters. The van der Waals surface area contributed by atoms with Gasteiger partial charge in [-0.25, -0.2) is 0 Å². The van der Waals surface area contributed by atoms with E-state index in [4.69, 9.17) is 4.74 Å². The minimum Gasteiger partial charge on any atom is -0.385 e. The van der Waals surface area contributed by atoms with Crippen LogP contribution in [0.2, 0.25) is 0 Å². The number of anilines is 1. The molecule has 144 valence electrons. The van der Waals surface area contributed by atoms with Gasteiger partial charge in [0, 0.05) is 50.4 Å². The fourth-order valence-corrected chi connectivity index (χ4v) is 3.32. The van der Waals surface area contributed by atoms with Crippen LogP contribution in [-0.2, 0) is 9.53 Å². The summed E-state index contributed by atoms with van der Waals surface area (Å²) < 4.78 is 6.22. The molecule has 1 saturated carbocycles. The maximum atomic E-state index is 12.0. The van der Waals surface area contributed by atoms with E-state index < -0.39 is 0 Å². The Balaban J connectivity index is 1.68. The van der Waals surface area contributed by atoms with Gasteiger partial charge in [0.2, 0.25) is 5.91 Å². The van der Waals surface area contributed by atoms with Crippen molar-refractivity contribution < 1.29 is 9.53 Å². The Hall–Kier alpha value is -1.60. The Labute approximate surface area is 164 Å². The van der Waals surface area contributed by atoms with Crippen LogP contribution in [0.25, 0.3) is 0 Å². The number of nitrogens with one attached hydrogen (secondary N) is 3. The van der Waals surface area contributed by atoms with E-state index >= 15 is 0 Å². The number of halogens is 1. The highest BCUT2D eigenvalue weighted by molar-refractivity contribution is 9.10. The zero-order valence-electron chi connectivity index (χ0n) is 15.6. The molecule has 0 bridgehead atoms. The van der Waals surface area contributed by atoms with Gasteiger partial charge in [-0.15, -0.1) is 0 Å². The summed E-state index contributed by atoms with van der Waals surface area (Å²) in [5.41, 5.74) is 1.12. The monoisotopic (exact) mass is 424 g/mol. The number of hydrogen-bond donors (Lipinski definition) is 3. The maximum absolute atomic E-state index is 12.0. The van der Waals surface area contributed by atoms with E-state index in [0.717, 1.165) is 35.7 Å². The second-order valence-corrected chi connectivity index (χ2v) is 7.67. The van der Waals surface area contributed by atoms with Gasteiger partial charge in [0.25, 0.3) is 0 Å². The number of rotatable bonds is 9. The number of ether oxygens (including phenoxy) is 1. The number of nitrogens with zero attached hydrogens (tertiary/aromatic N) is 1. The molecule has 1 amide bonds. The first-order valence-corrected chi connectivity index (χ1v) is 9.85. The second-order valence-electron chi connectivity index (χ2n) is 6.75. The minimum atomic E-state index is -0.0224. The van der Waals surface area contributed by atoms with Gasteiger partial charge in [-0.3, -0.25) is 9.79 Å². The van der Waals surface area contributed by atoms with Crippen molar-refractivity contribution in [3.8, 4) is 0 Å². The lowest BCUT2D eigenvalue weighted by atomic mass is 9.67. The predicted octanol–water partition coefficient (Wildman–Crippen LogP) is 3.15. The van der Waals surface area contributed by atoms with Crippen LogP contribution >= 0.6 is 15.9 Å². The number of hydrogen-bond acceptors (Lipinski definition) is 3. The molecule has 0 spiro atoms. The minimum absolute atomic E-state index is 0.0224. The molecule has 0 heterocycles. The molecule has 3 N–H and O–H groups in total. The summed E-state index contributed by atoms with van der Waals surface area (Å²) in [6.45, 7) is 2.22. The third-order valence-electron chi connectivity index (χ3n) is 4.88. The largest absolute Gasteiger partial charge is 0.385 e. The average Bonchev–Trinajstić information content (AvgIpc) is 2.60. The third-order valence-corrected chi connectivity index (χ3v) is 5.41. The van der Waals surface area contributed by atoms with Crippen molar-refractivity contribution in [1.29, 1.82) is 0 Å². The van der Waals surface area contributed by atoms with Crippen LogP contribution in [0.3, 0.4) is 0 Å². The van der Waals surface area contributed by atoms with Crippen molar-refractivity contribution in [3.63, 3.8) is 0 Å². The number of carbonyl (C=O) groups excluding carboxylic acids is 1. The zero-order chi connectivity index (χ0) is 18.8. The van der Waals surface area contributed by atoms with Crippen molar-refractivity contribution in [2.45, 2.75) is 32.1 Å². The Bertz CT molecular complexity index is 600. The van der Waals surface area contributed by atoms with Crippen molar-refractivity contribution in [2.24, 2.45) is 10.4 Å². The number of guanidine groups is 1. The molecule has 1 fully saturated rings. The van der Waals surface area contributed by atoms with E-state index in [1.165, 1.54) is 19.3 Å². The van der Waals surface area contributed by atoms with Gasteiger partial charge in [-0.1, -0.05) is 22.4 Å². The topological polar surface area (TPSA) is 74.8 Å². The molecule has 0 unspecified atom stereocenters. The summed E-state index contributed by atoms with van der Waals surface area (Å²) in [5.74, 6) is 0.718. The SMILES string of the molecule is CN=C(NCCC(=O)Nc1ccc(Br)cc1)NCC1(CCOC)CCC1. The molecule has 0 aliphatic heterocycles. The molecule has 7 heteroatoms. The van der Waals surface area contributed by atoms with Gasteiger partial charge in [0.1, 0.15) is 0 Å². The van der Waals surface area contributed by atoms with Crippen LogP contribution in [0.1, 0.15) is 32.1 Å². The van der Waals surface area contributed by atoms with Gasteiger partial charge in [0.05, 0.1) is 0 Å². The summed E-state index contributed by atoms with van der Waals surface area (Å²) in [4.78, 5) is 16.3. The highest BCUT2D eigenvalue weighted by atomic mass is 79.9. The van der Waals surface area contributed by atoms with Gasteiger partial charge in [-0.2, -0.15) is 0 Å². The third kappa shape index (κ3) is 6.61. The fourth-order valence-electron chi connectivity index (χ4n) is 3.05. The standard InChI is InChI=1S/C19H29BrN4O2/c1-21-18(23-14-19(9-3-10-19)11-13-26-2)22-12-8-17(25)24-16-6-4-15(20)5-7-16/h4-7H,3,8-14H2,1-2H3,(H,24,25)(H2,21,22,23). The van der Waals surface area contributed by atoms with Crippen molar-refractivity contribution >= 4 is 33.5 Å². The molecule has 0 aromatic heterocycles. The zero-order valence-corrected chi connectivity index (χ0v) is 17.2.